The number of carbonyl (C=O) groups excluding carboxylic acids is 1. The summed E-state index contributed by atoms with van der Waals surface area (Å²) in [5.74, 6) is 0.700. The van der Waals surface area contributed by atoms with Crippen molar-refractivity contribution in [2.75, 3.05) is 31.5 Å². The van der Waals surface area contributed by atoms with Crippen LogP contribution in [0.1, 0.15) is 25.0 Å². The monoisotopic (exact) mass is 499 g/mol. The van der Waals surface area contributed by atoms with Gasteiger partial charge >= 0.3 is 6.03 Å². The number of hydrogen-bond acceptors (Lipinski definition) is 7. The van der Waals surface area contributed by atoms with Crippen LogP contribution in [-0.2, 0) is 12.6 Å². The summed E-state index contributed by atoms with van der Waals surface area (Å²) in [4.78, 5) is 28.9. The van der Waals surface area contributed by atoms with Crippen molar-refractivity contribution in [1.82, 2.24) is 44.3 Å². The summed E-state index contributed by atoms with van der Waals surface area (Å²) in [6, 6.07) is 6.49. The number of H-pyrrole nitrogens is 1. The minimum atomic E-state index is -0.358. The van der Waals surface area contributed by atoms with E-state index in [1.165, 1.54) is 0 Å². The van der Waals surface area contributed by atoms with E-state index in [-0.39, 0.29) is 11.6 Å². The van der Waals surface area contributed by atoms with Crippen LogP contribution in [0.25, 0.3) is 22.3 Å². The molecule has 0 aromatic carbocycles. The molecule has 0 atom stereocenters. The van der Waals surface area contributed by atoms with Crippen LogP contribution in [0, 0.1) is 18.3 Å². The van der Waals surface area contributed by atoms with E-state index in [0.717, 1.165) is 53.9 Å². The predicted molar refractivity (Wildman–Crippen MR) is 136 cm³/mol. The van der Waals surface area contributed by atoms with Gasteiger partial charge in [0.2, 0.25) is 0 Å². The van der Waals surface area contributed by atoms with Gasteiger partial charge in [0, 0.05) is 68.7 Å². The van der Waals surface area contributed by atoms with Gasteiger partial charge in [-0.2, -0.15) is 15.5 Å². The normalized spacial score (nSPS) is 18.0. The summed E-state index contributed by atoms with van der Waals surface area (Å²) < 4.78 is 3.63. The molecule has 2 fully saturated rings. The number of nitrogens with one attached hydrogen (secondary N) is 2. The second-order valence-electron chi connectivity index (χ2n) is 10.0. The number of piperidine rings is 1. The predicted octanol–water partition coefficient (Wildman–Crippen LogP) is 2.48. The molecular weight excluding hydrogens is 470 g/mol. The molecule has 0 bridgehead atoms. The van der Waals surface area contributed by atoms with Crippen LogP contribution in [0.3, 0.4) is 0 Å². The van der Waals surface area contributed by atoms with E-state index in [1.54, 1.807) is 11.0 Å². The number of anilines is 1. The molecule has 2 saturated heterocycles. The van der Waals surface area contributed by atoms with E-state index in [0.29, 0.717) is 31.4 Å². The molecule has 2 aliphatic heterocycles. The summed E-state index contributed by atoms with van der Waals surface area (Å²) in [5.41, 5.74) is 3.03. The molecule has 6 heterocycles. The van der Waals surface area contributed by atoms with Crippen LogP contribution in [0.2, 0.25) is 0 Å². The lowest BCUT2D eigenvalue weighted by atomic mass is 9.84. The van der Waals surface area contributed by atoms with E-state index in [9.17, 15) is 10.1 Å². The number of carbonyl (C=O) groups is 1. The molecule has 2 amide bonds. The van der Waals surface area contributed by atoms with Crippen molar-refractivity contribution in [2.24, 2.45) is 7.05 Å². The van der Waals surface area contributed by atoms with Gasteiger partial charge < -0.3 is 9.88 Å². The van der Waals surface area contributed by atoms with Crippen molar-refractivity contribution < 1.29 is 4.79 Å². The first kappa shape index (κ1) is 23.2. The van der Waals surface area contributed by atoms with Gasteiger partial charge in [-0.15, -0.1) is 0 Å². The lowest BCUT2D eigenvalue weighted by molar-refractivity contribution is -0.0399. The van der Waals surface area contributed by atoms with Crippen molar-refractivity contribution in [1.29, 1.82) is 5.26 Å². The summed E-state index contributed by atoms with van der Waals surface area (Å²) >= 11 is 0. The Kier molecular flexibility index (Phi) is 5.64. The Morgan fingerprint density at radius 3 is 2.84 bits per heavy atom. The highest BCUT2D eigenvalue weighted by atomic mass is 16.2. The third-order valence-corrected chi connectivity index (χ3v) is 7.60. The molecule has 2 aliphatic rings. The SMILES string of the molecule is Cc1cc(NC(=O)N2CCC(N3CC(CC#N)(n4cc(-c5ncnc6[nH]ccc56)cn4)C3)CC2)n(C)n1. The molecule has 4 aromatic heterocycles. The molecule has 0 aliphatic carbocycles. The molecule has 190 valence electrons. The molecule has 2 N–H and O–H groups in total. The van der Waals surface area contributed by atoms with Crippen molar-refractivity contribution in [3.05, 3.63) is 42.7 Å². The van der Waals surface area contributed by atoms with Gasteiger partial charge in [0.1, 0.15) is 23.3 Å². The number of aromatic amines is 1. The summed E-state index contributed by atoms with van der Waals surface area (Å²) in [5, 5.41) is 22.5. The number of fused-ring (bicyclic) bond motifs is 1. The Morgan fingerprint density at radius 1 is 1.30 bits per heavy atom. The van der Waals surface area contributed by atoms with Gasteiger partial charge in [0.25, 0.3) is 0 Å². The minimum Gasteiger partial charge on any atom is -0.346 e. The van der Waals surface area contributed by atoms with Crippen LogP contribution < -0.4 is 5.32 Å². The van der Waals surface area contributed by atoms with E-state index >= 15 is 0 Å². The fourth-order valence-corrected chi connectivity index (χ4v) is 5.61. The first-order chi connectivity index (χ1) is 18.0. The zero-order valence-electron chi connectivity index (χ0n) is 20.9. The number of amides is 2. The zero-order chi connectivity index (χ0) is 25.6. The number of nitrogens with zero attached hydrogens (tertiary/aromatic N) is 9. The maximum atomic E-state index is 12.7. The highest BCUT2D eigenvalue weighted by Crippen LogP contribution is 2.37. The van der Waals surface area contributed by atoms with Crippen molar-refractivity contribution in [3.63, 3.8) is 0 Å². The third kappa shape index (κ3) is 4.11. The second kappa shape index (κ2) is 9.01. The maximum absolute atomic E-state index is 12.7. The Hall–Kier alpha value is -4.24. The van der Waals surface area contributed by atoms with E-state index in [1.807, 2.05) is 54.3 Å². The van der Waals surface area contributed by atoms with Gasteiger partial charge in [-0.25, -0.2) is 14.8 Å². The molecule has 0 radical (unpaired) electrons. The molecule has 12 nitrogen and oxygen atoms in total. The van der Waals surface area contributed by atoms with Crippen molar-refractivity contribution >= 4 is 22.9 Å². The molecule has 12 heteroatoms. The van der Waals surface area contributed by atoms with Crippen LogP contribution >= 0.6 is 0 Å². The number of aromatic nitrogens is 7. The molecule has 0 spiro atoms. The second-order valence-corrected chi connectivity index (χ2v) is 10.0. The highest BCUT2D eigenvalue weighted by Gasteiger charge is 2.48. The highest BCUT2D eigenvalue weighted by molar-refractivity contribution is 5.90. The first-order valence-electron chi connectivity index (χ1n) is 12.5. The van der Waals surface area contributed by atoms with E-state index < -0.39 is 0 Å². The quantitative estimate of drug-likeness (QED) is 0.430. The topological polar surface area (TPSA) is 137 Å². The van der Waals surface area contributed by atoms with E-state index in [4.69, 9.17) is 0 Å². The smallest absolute Gasteiger partial charge is 0.323 e. The number of rotatable bonds is 5. The zero-order valence-corrected chi connectivity index (χ0v) is 20.9. The number of urea groups is 1. The van der Waals surface area contributed by atoms with Crippen LogP contribution in [0.15, 0.2) is 37.1 Å². The Bertz CT molecular complexity index is 1480. The van der Waals surface area contributed by atoms with Crippen LogP contribution in [-0.4, -0.2) is 82.6 Å². The van der Waals surface area contributed by atoms with Gasteiger partial charge in [-0.05, 0) is 25.8 Å². The van der Waals surface area contributed by atoms with E-state index in [2.05, 4.69) is 41.4 Å². The molecule has 0 saturated carbocycles. The fourth-order valence-electron chi connectivity index (χ4n) is 5.61. The number of nitriles is 1. The van der Waals surface area contributed by atoms with Crippen molar-refractivity contribution in [3.8, 4) is 17.3 Å². The number of aryl methyl sites for hydroxylation is 2. The molecular formula is C25H29N11O. The molecule has 37 heavy (non-hydrogen) atoms. The molecule has 4 aromatic rings. The van der Waals surface area contributed by atoms with Gasteiger partial charge in [-0.3, -0.25) is 19.6 Å². The molecule has 6 rings (SSSR count). The summed E-state index contributed by atoms with van der Waals surface area (Å²) in [7, 11) is 1.82. The summed E-state index contributed by atoms with van der Waals surface area (Å²) in [6.45, 7) is 4.82. The Morgan fingerprint density at radius 2 is 2.11 bits per heavy atom. The number of hydrogen-bond donors (Lipinski definition) is 2. The van der Waals surface area contributed by atoms with Gasteiger partial charge in [0.05, 0.1) is 30.1 Å². The minimum absolute atomic E-state index is 0.0887. The lowest BCUT2D eigenvalue weighted by Gasteiger charge is -2.53. The lowest BCUT2D eigenvalue weighted by Crippen LogP contribution is -2.66. The third-order valence-electron chi connectivity index (χ3n) is 7.60. The first-order valence-corrected chi connectivity index (χ1v) is 12.5. The number of likely N-dealkylation sites (tertiary alicyclic amines) is 2. The summed E-state index contributed by atoms with van der Waals surface area (Å²) in [6.07, 6.45) is 9.40. The largest absolute Gasteiger partial charge is 0.346 e. The average Bonchev–Trinajstić information content (AvgIpc) is 3.61. The standard InChI is InChI=1S/C25H29N11O/c1-17-11-21(33(2)32-17)31-24(37)34-9-4-19(5-10-34)35-14-25(15-35,6-7-26)36-13-18(12-30-36)22-20-3-8-27-23(20)29-16-28-22/h3,8,11-13,16,19H,4-6,9-10,14-15H2,1-2H3,(H,31,37)(H,27,28,29). The molecule has 0 unspecified atom stereocenters. The fraction of sp³-hybridized carbons (Fsp3) is 0.440. The average molecular weight is 500 g/mol. The van der Waals surface area contributed by atoms with Crippen LogP contribution in [0.4, 0.5) is 10.6 Å². The van der Waals surface area contributed by atoms with Crippen molar-refractivity contribution in [2.45, 2.75) is 37.8 Å². The Labute approximate surface area is 213 Å². The van der Waals surface area contributed by atoms with Gasteiger partial charge in [-0.1, -0.05) is 0 Å². The maximum Gasteiger partial charge on any atom is 0.323 e. The Balaban J connectivity index is 1.09. The van der Waals surface area contributed by atoms with Gasteiger partial charge in [0.15, 0.2) is 0 Å². The van der Waals surface area contributed by atoms with Crippen LogP contribution in [0.5, 0.6) is 0 Å².